The number of benzene rings is 1. The fourth-order valence-electron chi connectivity index (χ4n) is 3.84. The number of rotatable bonds is 12. The van der Waals surface area contributed by atoms with E-state index in [2.05, 4.69) is 22.9 Å². The molecule has 7 nitrogen and oxygen atoms in total. The Morgan fingerprint density at radius 3 is 2.67 bits per heavy atom. The zero-order chi connectivity index (χ0) is 21.7. The van der Waals surface area contributed by atoms with Crippen molar-refractivity contribution in [3.63, 3.8) is 0 Å². The second kappa shape index (κ2) is 13.1. The van der Waals surface area contributed by atoms with Gasteiger partial charge in [-0.1, -0.05) is 18.9 Å². The second-order valence-electron chi connectivity index (χ2n) is 7.83. The third kappa shape index (κ3) is 8.61. The first-order valence-corrected chi connectivity index (χ1v) is 11.2. The van der Waals surface area contributed by atoms with Gasteiger partial charge in [-0.2, -0.15) is 0 Å². The number of ether oxygens (including phenoxy) is 2. The smallest absolute Gasteiger partial charge is 0.221 e. The average Bonchev–Trinajstić information content (AvgIpc) is 3.18. The molecule has 1 aliphatic rings. The van der Waals surface area contributed by atoms with Crippen LogP contribution in [0.1, 0.15) is 52.9 Å². The van der Waals surface area contributed by atoms with Crippen LogP contribution in [0.4, 0.5) is 5.69 Å². The lowest BCUT2D eigenvalue weighted by Gasteiger charge is -2.27. The van der Waals surface area contributed by atoms with Crippen molar-refractivity contribution < 1.29 is 14.3 Å². The summed E-state index contributed by atoms with van der Waals surface area (Å²) in [7, 11) is 0. The molecule has 0 aliphatic heterocycles. The normalized spacial score (nSPS) is 15.6. The van der Waals surface area contributed by atoms with Gasteiger partial charge >= 0.3 is 0 Å². The van der Waals surface area contributed by atoms with E-state index in [0.29, 0.717) is 13.2 Å². The standard InChI is InChI=1S/C23H38N4O3/c1-4-24-22(26-18-23(11-6-7-12-23)13-15-29-5-2)25-14-16-30-21-10-8-9-20(17-21)27-19(3)28/h8-10,17H,4-7,11-16,18H2,1-3H3,(H,27,28)(H2,24,25,26). The molecule has 1 aromatic carbocycles. The van der Waals surface area contributed by atoms with E-state index in [4.69, 9.17) is 14.5 Å². The summed E-state index contributed by atoms with van der Waals surface area (Å²) >= 11 is 0. The van der Waals surface area contributed by atoms with Gasteiger partial charge in [-0.25, -0.2) is 0 Å². The summed E-state index contributed by atoms with van der Waals surface area (Å²) in [5.74, 6) is 1.46. The van der Waals surface area contributed by atoms with Crippen molar-refractivity contribution in [3.05, 3.63) is 24.3 Å². The van der Waals surface area contributed by atoms with Crippen LogP contribution in [0.3, 0.4) is 0 Å². The van der Waals surface area contributed by atoms with Gasteiger partial charge < -0.3 is 25.4 Å². The topological polar surface area (TPSA) is 84.0 Å². The molecule has 0 unspecified atom stereocenters. The average molecular weight is 419 g/mol. The highest BCUT2D eigenvalue weighted by atomic mass is 16.5. The van der Waals surface area contributed by atoms with E-state index < -0.39 is 0 Å². The number of hydrogen-bond donors (Lipinski definition) is 3. The first-order chi connectivity index (χ1) is 14.6. The molecule has 1 aliphatic carbocycles. The van der Waals surface area contributed by atoms with Crippen molar-refractivity contribution >= 4 is 17.6 Å². The Balaban J connectivity index is 1.82. The maximum atomic E-state index is 11.2. The fourth-order valence-corrected chi connectivity index (χ4v) is 3.84. The highest BCUT2D eigenvalue weighted by molar-refractivity contribution is 5.88. The van der Waals surface area contributed by atoms with Crippen LogP contribution in [0.2, 0.25) is 0 Å². The molecular formula is C23H38N4O3. The first-order valence-electron chi connectivity index (χ1n) is 11.2. The summed E-state index contributed by atoms with van der Waals surface area (Å²) in [6.07, 6.45) is 6.12. The van der Waals surface area contributed by atoms with Gasteiger partial charge in [-0.05, 0) is 50.7 Å². The predicted octanol–water partition coefficient (Wildman–Crippen LogP) is 3.57. The Bertz CT molecular complexity index is 672. The number of amides is 1. The van der Waals surface area contributed by atoms with Crippen molar-refractivity contribution in [2.45, 2.75) is 52.9 Å². The predicted molar refractivity (Wildman–Crippen MR) is 122 cm³/mol. The van der Waals surface area contributed by atoms with Crippen molar-refractivity contribution in [1.82, 2.24) is 10.6 Å². The molecule has 1 fully saturated rings. The largest absolute Gasteiger partial charge is 0.492 e. The van der Waals surface area contributed by atoms with Crippen LogP contribution in [-0.4, -0.2) is 51.3 Å². The van der Waals surface area contributed by atoms with Crippen LogP contribution >= 0.6 is 0 Å². The monoisotopic (exact) mass is 418 g/mol. The number of carbonyl (C=O) groups is 1. The van der Waals surface area contributed by atoms with E-state index in [-0.39, 0.29) is 11.3 Å². The number of carbonyl (C=O) groups excluding carboxylic acids is 1. The molecule has 1 saturated carbocycles. The van der Waals surface area contributed by atoms with Crippen LogP contribution in [0.5, 0.6) is 5.75 Å². The Hall–Kier alpha value is -2.28. The molecule has 1 aromatic rings. The number of nitrogens with one attached hydrogen (secondary N) is 3. The molecule has 3 N–H and O–H groups in total. The van der Waals surface area contributed by atoms with Crippen molar-refractivity contribution in [2.75, 3.05) is 44.8 Å². The van der Waals surface area contributed by atoms with E-state index in [1.54, 1.807) is 0 Å². The number of hydrogen-bond acceptors (Lipinski definition) is 4. The quantitative estimate of drug-likeness (QED) is 0.275. The Kier molecular flexibility index (Phi) is 10.5. The highest BCUT2D eigenvalue weighted by Gasteiger charge is 2.33. The van der Waals surface area contributed by atoms with Gasteiger partial charge in [0, 0.05) is 45.0 Å². The van der Waals surface area contributed by atoms with Gasteiger partial charge in [0.25, 0.3) is 0 Å². The van der Waals surface area contributed by atoms with Gasteiger partial charge in [-0.15, -0.1) is 0 Å². The lowest BCUT2D eigenvalue weighted by molar-refractivity contribution is -0.114. The molecule has 168 valence electrons. The minimum atomic E-state index is -0.0957. The van der Waals surface area contributed by atoms with Crippen molar-refractivity contribution in [3.8, 4) is 5.75 Å². The number of aliphatic imine (C=N–C) groups is 1. The van der Waals surface area contributed by atoms with Crippen molar-refractivity contribution in [2.24, 2.45) is 10.4 Å². The highest BCUT2D eigenvalue weighted by Crippen LogP contribution is 2.41. The van der Waals surface area contributed by atoms with E-state index >= 15 is 0 Å². The summed E-state index contributed by atoms with van der Waals surface area (Å²) in [5, 5.41) is 9.45. The van der Waals surface area contributed by atoms with Gasteiger partial charge in [0.1, 0.15) is 12.4 Å². The molecule has 0 heterocycles. The third-order valence-electron chi connectivity index (χ3n) is 5.38. The lowest BCUT2D eigenvalue weighted by atomic mass is 9.83. The number of nitrogens with zero attached hydrogens (tertiary/aromatic N) is 1. The van der Waals surface area contributed by atoms with Gasteiger partial charge in [0.2, 0.25) is 5.91 Å². The zero-order valence-electron chi connectivity index (χ0n) is 18.8. The van der Waals surface area contributed by atoms with Crippen LogP contribution in [0.15, 0.2) is 29.3 Å². The van der Waals surface area contributed by atoms with Crippen LogP contribution in [0, 0.1) is 5.41 Å². The SMILES string of the molecule is CCNC(=NCC1(CCOCC)CCCC1)NCCOc1cccc(NC(C)=O)c1. The number of guanidine groups is 1. The summed E-state index contributed by atoms with van der Waals surface area (Å²) < 4.78 is 11.4. The third-order valence-corrected chi connectivity index (χ3v) is 5.38. The van der Waals surface area contributed by atoms with Crippen LogP contribution in [0.25, 0.3) is 0 Å². The van der Waals surface area contributed by atoms with Gasteiger partial charge in [0.15, 0.2) is 5.96 Å². The molecule has 7 heteroatoms. The maximum absolute atomic E-state index is 11.2. The summed E-state index contributed by atoms with van der Waals surface area (Å²) in [6.45, 7) is 9.99. The van der Waals surface area contributed by atoms with Crippen LogP contribution in [-0.2, 0) is 9.53 Å². The zero-order valence-corrected chi connectivity index (χ0v) is 18.8. The Morgan fingerprint density at radius 2 is 1.97 bits per heavy atom. The lowest BCUT2D eigenvalue weighted by Crippen LogP contribution is -2.40. The minimum Gasteiger partial charge on any atom is -0.492 e. The summed E-state index contributed by atoms with van der Waals surface area (Å²) in [6, 6.07) is 7.41. The molecule has 2 rings (SSSR count). The molecule has 0 aromatic heterocycles. The molecular weight excluding hydrogens is 380 g/mol. The Morgan fingerprint density at radius 1 is 1.17 bits per heavy atom. The minimum absolute atomic E-state index is 0.0957. The molecule has 0 radical (unpaired) electrons. The number of anilines is 1. The second-order valence-corrected chi connectivity index (χ2v) is 7.83. The molecule has 0 bridgehead atoms. The van der Waals surface area contributed by atoms with Crippen molar-refractivity contribution in [1.29, 1.82) is 0 Å². The van der Waals surface area contributed by atoms with E-state index in [9.17, 15) is 4.79 Å². The van der Waals surface area contributed by atoms with E-state index in [0.717, 1.165) is 50.1 Å². The maximum Gasteiger partial charge on any atom is 0.221 e. The Labute approximate surface area is 181 Å². The molecule has 0 atom stereocenters. The first kappa shape index (κ1) is 24.0. The van der Waals surface area contributed by atoms with E-state index in [1.807, 2.05) is 31.2 Å². The van der Waals surface area contributed by atoms with Crippen LogP contribution < -0.4 is 20.7 Å². The summed E-state index contributed by atoms with van der Waals surface area (Å²) in [4.78, 5) is 16.1. The van der Waals surface area contributed by atoms with Gasteiger partial charge in [-0.3, -0.25) is 9.79 Å². The fraction of sp³-hybridized carbons (Fsp3) is 0.652. The molecule has 0 spiro atoms. The van der Waals surface area contributed by atoms with Gasteiger partial charge in [0.05, 0.1) is 6.54 Å². The van der Waals surface area contributed by atoms with E-state index in [1.165, 1.54) is 32.6 Å². The summed E-state index contributed by atoms with van der Waals surface area (Å²) in [5.41, 5.74) is 1.01. The molecule has 1 amide bonds. The molecule has 0 saturated heterocycles. The molecule has 30 heavy (non-hydrogen) atoms.